The molecule has 0 aliphatic carbocycles. The zero-order valence-electron chi connectivity index (χ0n) is 21.3. The second-order valence-corrected chi connectivity index (χ2v) is 8.70. The molecular weight excluding hydrogens is 657 g/mol. The Labute approximate surface area is 242 Å². The van der Waals surface area contributed by atoms with Crippen molar-refractivity contribution in [3.8, 4) is 50.5 Å². The van der Waals surface area contributed by atoms with Crippen molar-refractivity contribution in [2.24, 2.45) is 0 Å². The summed E-state index contributed by atoms with van der Waals surface area (Å²) >= 11 is 0. The topological polar surface area (TPSA) is 35.1 Å². The Morgan fingerprint density at radius 3 is 1.62 bits per heavy atom. The van der Waals surface area contributed by atoms with Crippen molar-refractivity contribution < 1.29 is 20.1 Å². The number of nitrogens with zero attached hydrogens (tertiary/aromatic N) is 4. The minimum Gasteiger partial charge on any atom is -0.358 e. The molecule has 0 fully saturated rings. The van der Waals surface area contributed by atoms with Gasteiger partial charge >= 0.3 is 0 Å². The summed E-state index contributed by atoms with van der Waals surface area (Å²) in [6.07, 6.45) is 1.76. The Kier molecular flexibility index (Phi) is 8.63. The number of rotatable bonds is 5. The minimum atomic E-state index is 0. The van der Waals surface area contributed by atoms with Crippen LogP contribution in [0.2, 0.25) is 0 Å². The van der Waals surface area contributed by atoms with Crippen LogP contribution < -0.4 is 0 Å². The molecule has 5 heteroatoms. The maximum Gasteiger partial charge on any atom is 0.187 e. The number of hydrogen-bond acceptors (Lipinski definition) is 2. The Morgan fingerprint density at radius 1 is 0.564 bits per heavy atom. The van der Waals surface area contributed by atoms with Crippen molar-refractivity contribution in [2.45, 2.75) is 0 Å². The largest absolute Gasteiger partial charge is 0.358 e. The van der Waals surface area contributed by atoms with Crippen molar-refractivity contribution in [2.75, 3.05) is 0 Å². The second-order valence-electron chi connectivity index (χ2n) is 8.70. The molecule has 0 saturated carbocycles. The van der Waals surface area contributed by atoms with Crippen LogP contribution in [-0.2, 0) is 20.1 Å². The van der Waals surface area contributed by atoms with Gasteiger partial charge in [-0.1, -0.05) is 109 Å². The summed E-state index contributed by atoms with van der Waals surface area (Å²) in [6, 6.07) is 43.3. The molecule has 0 spiro atoms. The van der Waals surface area contributed by atoms with Crippen molar-refractivity contribution in [1.29, 1.82) is 0 Å². The van der Waals surface area contributed by atoms with Gasteiger partial charge in [0.25, 0.3) is 0 Å². The zero-order chi connectivity index (χ0) is 25.0. The van der Waals surface area contributed by atoms with E-state index in [1.807, 2.05) is 41.0 Å². The third-order valence-corrected chi connectivity index (χ3v) is 6.41. The van der Waals surface area contributed by atoms with E-state index in [4.69, 9.17) is 6.57 Å². The Bertz CT molecular complexity index is 1660. The van der Waals surface area contributed by atoms with E-state index >= 15 is 0 Å². The molecule has 6 rings (SSSR count). The van der Waals surface area contributed by atoms with Gasteiger partial charge in [-0.05, 0) is 40.5 Å². The maximum absolute atomic E-state index is 7.46. The maximum atomic E-state index is 7.46. The molecule has 6 aromatic rings. The SMILES string of the molecule is [C-]#[N+]c1cccc(-c2nncn2-c2c(-c3ccccc3)cc(-c3ccccc3)cc2-c2ccccc2)c1.[CH3-].[Ir]. The van der Waals surface area contributed by atoms with Gasteiger partial charge in [0.05, 0.1) is 12.3 Å². The first kappa shape index (κ1) is 27.4. The van der Waals surface area contributed by atoms with Crippen LogP contribution in [0.4, 0.5) is 5.69 Å². The third kappa shape index (κ3) is 5.49. The van der Waals surface area contributed by atoms with Gasteiger partial charge in [-0.25, -0.2) is 4.85 Å². The van der Waals surface area contributed by atoms with Gasteiger partial charge in [0.15, 0.2) is 11.5 Å². The summed E-state index contributed by atoms with van der Waals surface area (Å²) < 4.78 is 2.04. The molecule has 0 atom stereocenters. The molecule has 1 radical (unpaired) electrons. The molecule has 0 saturated heterocycles. The van der Waals surface area contributed by atoms with Crippen molar-refractivity contribution in [3.63, 3.8) is 0 Å². The molecule has 39 heavy (non-hydrogen) atoms. The van der Waals surface area contributed by atoms with Crippen LogP contribution in [0.1, 0.15) is 0 Å². The Morgan fingerprint density at radius 2 is 1.08 bits per heavy atom. The molecule has 0 N–H and O–H groups in total. The van der Waals surface area contributed by atoms with E-state index < -0.39 is 0 Å². The van der Waals surface area contributed by atoms with Crippen LogP contribution in [-0.4, -0.2) is 14.8 Å². The van der Waals surface area contributed by atoms with E-state index in [1.165, 1.54) is 0 Å². The average molecular weight is 682 g/mol. The summed E-state index contributed by atoms with van der Waals surface area (Å²) in [4.78, 5) is 3.61. The molecule has 191 valence electrons. The van der Waals surface area contributed by atoms with E-state index in [2.05, 4.69) is 100.0 Å². The summed E-state index contributed by atoms with van der Waals surface area (Å²) in [5.74, 6) is 0.687. The molecule has 0 amide bonds. The second kappa shape index (κ2) is 12.3. The van der Waals surface area contributed by atoms with Crippen molar-refractivity contribution in [1.82, 2.24) is 14.8 Å². The standard InChI is InChI=1S/C33H22N4.CH3.Ir/c1-34-29-19-11-18-27(20-29)33-36-35-23-37(33)32-30(25-14-7-3-8-15-25)21-28(24-12-5-2-6-13-24)22-31(32)26-16-9-4-10-17-26;;/h2-23H;1H3;/q;-1;. The van der Waals surface area contributed by atoms with E-state index in [1.54, 1.807) is 12.4 Å². The monoisotopic (exact) mass is 682 g/mol. The van der Waals surface area contributed by atoms with Gasteiger partial charge in [0.1, 0.15) is 6.33 Å². The van der Waals surface area contributed by atoms with Gasteiger partial charge in [0.2, 0.25) is 0 Å². The molecule has 4 nitrogen and oxygen atoms in total. The van der Waals surface area contributed by atoms with Gasteiger partial charge in [-0.3, -0.25) is 4.57 Å². The van der Waals surface area contributed by atoms with E-state index in [0.29, 0.717) is 11.5 Å². The number of benzene rings is 5. The predicted octanol–water partition coefficient (Wildman–Crippen LogP) is 8.93. The Balaban J connectivity index is 0.00000176. The summed E-state index contributed by atoms with van der Waals surface area (Å²) in [7, 11) is 0. The smallest absolute Gasteiger partial charge is 0.187 e. The predicted molar refractivity (Wildman–Crippen MR) is 156 cm³/mol. The zero-order valence-corrected chi connectivity index (χ0v) is 23.7. The van der Waals surface area contributed by atoms with Crippen molar-refractivity contribution >= 4 is 5.69 Å². The summed E-state index contributed by atoms with van der Waals surface area (Å²) in [6.45, 7) is 7.46. The molecule has 5 aromatic carbocycles. The normalized spacial score (nSPS) is 10.1. The molecule has 0 unspecified atom stereocenters. The van der Waals surface area contributed by atoms with Gasteiger partial charge in [-0.15, -0.1) is 10.2 Å². The van der Waals surface area contributed by atoms with E-state index in [0.717, 1.165) is 44.6 Å². The first-order chi connectivity index (χ1) is 18.3. The molecule has 0 bridgehead atoms. The molecule has 0 aliphatic rings. The summed E-state index contributed by atoms with van der Waals surface area (Å²) in [5.41, 5.74) is 9.03. The van der Waals surface area contributed by atoms with Crippen LogP contribution in [0, 0.1) is 14.0 Å². The van der Waals surface area contributed by atoms with Gasteiger partial charge in [0, 0.05) is 36.8 Å². The van der Waals surface area contributed by atoms with Crippen LogP contribution in [0.3, 0.4) is 0 Å². The third-order valence-electron chi connectivity index (χ3n) is 6.41. The average Bonchev–Trinajstić information content (AvgIpc) is 3.47. The summed E-state index contributed by atoms with van der Waals surface area (Å²) in [5, 5.41) is 8.81. The van der Waals surface area contributed by atoms with Gasteiger partial charge in [-0.2, -0.15) is 0 Å². The fraction of sp³-hybridized carbons (Fsp3) is 0. The molecule has 1 aromatic heterocycles. The van der Waals surface area contributed by atoms with Crippen LogP contribution in [0.25, 0.3) is 55.3 Å². The first-order valence-electron chi connectivity index (χ1n) is 12.0. The van der Waals surface area contributed by atoms with Gasteiger partial charge < -0.3 is 7.43 Å². The van der Waals surface area contributed by atoms with Crippen molar-refractivity contribution in [3.05, 3.63) is 153 Å². The molecular formula is C34H25IrN4-. The quantitative estimate of drug-likeness (QED) is 0.170. The minimum absolute atomic E-state index is 0. The van der Waals surface area contributed by atoms with Crippen LogP contribution >= 0.6 is 0 Å². The number of aromatic nitrogens is 3. The van der Waals surface area contributed by atoms with Crippen LogP contribution in [0.15, 0.2) is 134 Å². The Hall–Kier alpha value is -4.62. The van der Waals surface area contributed by atoms with Crippen LogP contribution in [0.5, 0.6) is 0 Å². The van der Waals surface area contributed by atoms with E-state index in [9.17, 15) is 0 Å². The molecule has 0 aliphatic heterocycles. The first-order valence-corrected chi connectivity index (χ1v) is 12.0. The fourth-order valence-corrected chi connectivity index (χ4v) is 4.68. The number of hydrogen-bond donors (Lipinski definition) is 0. The molecule has 1 heterocycles. The van der Waals surface area contributed by atoms with E-state index in [-0.39, 0.29) is 27.5 Å². The fourth-order valence-electron chi connectivity index (χ4n) is 4.68.